The molecule has 0 N–H and O–H groups in total. The molecule has 0 saturated carbocycles. The highest BCUT2D eigenvalue weighted by molar-refractivity contribution is 9.10. The highest BCUT2D eigenvalue weighted by Crippen LogP contribution is 2.25. The molecule has 1 aliphatic rings. The summed E-state index contributed by atoms with van der Waals surface area (Å²) in [6.45, 7) is 5.83. The van der Waals surface area contributed by atoms with Gasteiger partial charge in [0.15, 0.2) is 14.9 Å². The van der Waals surface area contributed by atoms with Crippen molar-refractivity contribution in [3.63, 3.8) is 0 Å². The van der Waals surface area contributed by atoms with Crippen molar-refractivity contribution in [2.24, 2.45) is 0 Å². The van der Waals surface area contributed by atoms with Crippen LogP contribution in [0.3, 0.4) is 0 Å². The van der Waals surface area contributed by atoms with Crippen LogP contribution in [0.2, 0.25) is 0 Å². The topological polar surface area (TPSA) is 76.6 Å². The number of carbonyl (C=O) groups excluding carboxylic acids is 1. The molecular formula is C14H19BrN2O4S. The summed E-state index contributed by atoms with van der Waals surface area (Å²) in [6, 6.07) is 4.77. The van der Waals surface area contributed by atoms with Gasteiger partial charge in [-0.3, -0.25) is 0 Å². The fraction of sp³-hybridized carbons (Fsp3) is 0.571. The van der Waals surface area contributed by atoms with Crippen molar-refractivity contribution >= 4 is 31.9 Å². The van der Waals surface area contributed by atoms with Gasteiger partial charge in [-0.1, -0.05) is 6.07 Å². The molecule has 22 heavy (non-hydrogen) atoms. The average Bonchev–Trinajstić information content (AvgIpc) is 2.87. The van der Waals surface area contributed by atoms with Crippen molar-refractivity contribution < 1.29 is 17.9 Å². The summed E-state index contributed by atoms with van der Waals surface area (Å²) < 4.78 is 30.9. The Morgan fingerprint density at radius 1 is 1.41 bits per heavy atom. The van der Waals surface area contributed by atoms with E-state index in [0.717, 1.165) is 0 Å². The number of hydrogen-bond acceptors (Lipinski definition) is 5. The van der Waals surface area contributed by atoms with Crippen LogP contribution < -0.4 is 0 Å². The van der Waals surface area contributed by atoms with Gasteiger partial charge in [-0.2, -0.15) is 0 Å². The monoisotopic (exact) mass is 390 g/mol. The van der Waals surface area contributed by atoms with E-state index in [0.29, 0.717) is 17.6 Å². The van der Waals surface area contributed by atoms with Crippen molar-refractivity contribution in [1.82, 2.24) is 9.88 Å². The molecule has 0 aromatic carbocycles. The molecule has 8 heteroatoms. The lowest BCUT2D eigenvalue weighted by Crippen LogP contribution is -2.36. The molecule has 0 aliphatic carbocycles. The quantitative estimate of drug-likeness (QED) is 0.725. The standard InChI is InChI=1S/C14H19BrN2O4S/c1-14(2,3)21-13(18)17-8-7-10(9-17)22(19,20)12-6-4-5-11(15)16-12/h4-6,10H,7-9H2,1-3H3/t10-/m0/s1. The van der Waals surface area contributed by atoms with Crippen LogP contribution >= 0.6 is 15.9 Å². The Kier molecular flexibility index (Phi) is 4.81. The van der Waals surface area contributed by atoms with Gasteiger partial charge in [-0.15, -0.1) is 0 Å². The molecule has 0 radical (unpaired) electrons. The summed E-state index contributed by atoms with van der Waals surface area (Å²) >= 11 is 3.17. The van der Waals surface area contributed by atoms with E-state index < -0.39 is 26.8 Å². The summed E-state index contributed by atoms with van der Waals surface area (Å²) in [5, 5.41) is -0.625. The van der Waals surface area contributed by atoms with Crippen LogP contribution in [0.5, 0.6) is 0 Å². The molecule has 0 unspecified atom stereocenters. The molecule has 6 nitrogen and oxygen atoms in total. The minimum atomic E-state index is -3.56. The van der Waals surface area contributed by atoms with Crippen molar-refractivity contribution in [2.75, 3.05) is 13.1 Å². The number of rotatable bonds is 2. The van der Waals surface area contributed by atoms with E-state index >= 15 is 0 Å². The minimum absolute atomic E-state index is 0.0258. The molecule has 1 saturated heterocycles. The molecular weight excluding hydrogens is 372 g/mol. The molecule has 1 amide bonds. The third-order valence-electron chi connectivity index (χ3n) is 3.22. The second-order valence-electron chi connectivity index (χ2n) is 6.18. The van der Waals surface area contributed by atoms with E-state index in [2.05, 4.69) is 20.9 Å². The van der Waals surface area contributed by atoms with Crippen molar-refractivity contribution in [1.29, 1.82) is 0 Å². The molecule has 1 aromatic heterocycles. The number of pyridine rings is 1. The fourth-order valence-corrected chi connectivity index (χ4v) is 4.28. The lowest BCUT2D eigenvalue weighted by Gasteiger charge is -2.24. The summed E-state index contributed by atoms with van der Waals surface area (Å²) in [5.41, 5.74) is -0.597. The number of nitrogens with zero attached hydrogens (tertiary/aromatic N) is 2. The van der Waals surface area contributed by atoms with Gasteiger partial charge in [0.25, 0.3) is 0 Å². The number of sulfone groups is 1. The minimum Gasteiger partial charge on any atom is -0.444 e. The predicted octanol–water partition coefficient (Wildman–Crippen LogP) is 2.63. The second-order valence-corrected chi connectivity index (χ2v) is 9.17. The first-order chi connectivity index (χ1) is 10.1. The first-order valence-corrected chi connectivity index (χ1v) is 9.28. The molecule has 2 heterocycles. The van der Waals surface area contributed by atoms with Crippen LogP contribution in [-0.2, 0) is 14.6 Å². The highest BCUT2D eigenvalue weighted by atomic mass is 79.9. The Hall–Kier alpha value is -1.15. The highest BCUT2D eigenvalue weighted by Gasteiger charge is 2.38. The van der Waals surface area contributed by atoms with Crippen LogP contribution in [0, 0.1) is 0 Å². The Morgan fingerprint density at radius 2 is 2.09 bits per heavy atom. The summed E-state index contributed by atoms with van der Waals surface area (Å²) in [4.78, 5) is 17.5. The zero-order valence-corrected chi connectivity index (χ0v) is 15.1. The van der Waals surface area contributed by atoms with Crippen LogP contribution in [0.25, 0.3) is 0 Å². The molecule has 0 spiro atoms. The first-order valence-electron chi connectivity index (χ1n) is 6.94. The van der Waals surface area contributed by atoms with Gasteiger partial charge in [0.1, 0.15) is 10.2 Å². The number of halogens is 1. The summed E-state index contributed by atoms with van der Waals surface area (Å²) in [7, 11) is -3.56. The van der Waals surface area contributed by atoms with E-state index in [1.807, 2.05) is 0 Å². The van der Waals surface area contributed by atoms with Gasteiger partial charge in [0.2, 0.25) is 0 Å². The number of carbonyl (C=O) groups is 1. The third kappa shape index (κ3) is 3.98. The van der Waals surface area contributed by atoms with Gasteiger partial charge >= 0.3 is 6.09 Å². The lowest BCUT2D eigenvalue weighted by atomic mass is 10.2. The summed E-state index contributed by atoms with van der Waals surface area (Å²) in [5.74, 6) is 0. The van der Waals surface area contributed by atoms with Crippen molar-refractivity contribution in [2.45, 2.75) is 43.1 Å². The van der Waals surface area contributed by atoms with Crippen LogP contribution in [-0.4, -0.2) is 48.3 Å². The van der Waals surface area contributed by atoms with Crippen LogP contribution in [0.4, 0.5) is 4.79 Å². The van der Waals surface area contributed by atoms with Gasteiger partial charge in [-0.05, 0) is 55.3 Å². The van der Waals surface area contributed by atoms with E-state index in [4.69, 9.17) is 4.74 Å². The Labute approximate surface area is 138 Å². The first kappa shape index (κ1) is 17.2. The fourth-order valence-electron chi connectivity index (χ4n) is 2.19. The van der Waals surface area contributed by atoms with Gasteiger partial charge in [0, 0.05) is 13.1 Å². The van der Waals surface area contributed by atoms with E-state index in [9.17, 15) is 13.2 Å². The average molecular weight is 391 g/mol. The number of ether oxygens (including phenoxy) is 1. The molecule has 0 bridgehead atoms. The molecule has 2 rings (SSSR count). The van der Waals surface area contributed by atoms with Crippen molar-refractivity contribution in [3.05, 3.63) is 22.8 Å². The van der Waals surface area contributed by atoms with Gasteiger partial charge in [-0.25, -0.2) is 18.2 Å². The molecule has 122 valence electrons. The largest absolute Gasteiger partial charge is 0.444 e. The third-order valence-corrected chi connectivity index (χ3v) is 5.73. The Bertz CT molecular complexity index is 670. The maximum Gasteiger partial charge on any atom is 0.410 e. The number of hydrogen-bond donors (Lipinski definition) is 0. The number of aromatic nitrogens is 1. The SMILES string of the molecule is CC(C)(C)OC(=O)N1CC[C@H](S(=O)(=O)c2cccc(Br)n2)C1. The smallest absolute Gasteiger partial charge is 0.410 e. The Balaban J connectivity index is 2.11. The van der Waals surface area contributed by atoms with E-state index in [-0.39, 0.29) is 11.6 Å². The zero-order chi connectivity index (χ0) is 16.5. The molecule has 1 fully saturated rings. The van der Waals surface area contributed by atoms with E-state index in [1.54, 1.807) is 32.9 Å². The van der Waals surface area contributed by atoms with Gasteiger partial charge in [0.05, 0.1) is 5.25 Å². The van der Waals surface area contributed by atoms with Crippen LogP contribution in [0.1, 0.15) is 27.2 Å². The molecule has 1 aliphatic heterocycles. The Morgan fingerprint density at radius 3 is 2.68 bits per heavy atom. The maximum absolute atomic E-state index is 12.6. The van der Waals surface area contributed by atoms with Crippen molar-refractivity contribution in [3.8, 4) is 0 Å². The maximum atomic E-state index is 12.6. The van der Waals surface area contributed by atoms with E-state index in [1.165, 1.54) is 11.0 Å². The summed E-state index contributed by atoms with van der Waals surface area (Å²) in [6.07, 6.45) is -0.0946. The normalized spacial score (nSPS) is 19.3. The molecule has 1 aromatic rings. The van der Waals surface area contributed by atoms with Gasteiger partial charge < -0.3 is 9.64 Å². The van der Waals surface area contributed by atoms with Crippen LogP contribution in [0.15, 0.2) is 27.8 Å². The second kappa shape index (κ2) is 6.16. The predicted molar refractivity (Wildman–Crippen MR) is 85.3 cm³/mol. The lowest BCUT2D eigenvalue weighted by molar-refractivity contribution is 0.0295. The number of amides is 1. The number of likely N-dealkylation sites (tertiary alicyclic amines) is 1. The zero-order valence-electron chi connectivity index (χ0n) is 12.7. The molecule has 1 atom stereocenters.